The molecule has 0 atom stereocenters. The van der Waals surface area contributed by atoms with E-state index in [0.29, 0.717) is 12.4 Å². The van der Waals surface area contributed by atoms with Crippen LogP contribution in [0.5, 0.6) is 5.75 Å². The molecule has 0 spiro atoms. The molecule has 2 aromatic carbocycles. The van der Waals surface area contributed by atoms with Gasteiger partial charge < -0.3 is 19.7 Å². The first-order valence-electron chi connectivity index (χ1n) is 10.4. The lowest BCUT2D eigenvalue weighted by atomic mass is 10.2. The molecule has 0 saturated carbocycles. The first kappa shape index (κ1) is 24.2. The maximum atomic E-state index is 12.3. The minimum atomic E-state index is -1.02. The van der Waals surface area contributed by atoms with Gasteiger partial charge >= 0.3 is 17.9 Å². The topological polar surface area (TPSA) is 120 Å². The number of carbonyl (C=O) groups is 3. The average molecular weight is 457 g/mol. The van der Waals surface area contributed by atoms with Gasteiger partial charge in [0.25, 0.3) is 0 Å². The minimum Gasteiger partial charge on any atom is -0.489 e. The molecule has 33 heavy (non-hydrogen) atoms. The van der Waals surface area contributed by atoms with Gasteiger partial charge in [0.2, 0.25) is 0 Å². The van der Waals surface area contributed by atoms with Crippen LogP contribution in [0.2, 0.25) is 0 Å². The summed E-state index contributed by atoms with van der Waals surface area (Å²) in [7, 11) is 0. The molecular weight excluding hydrogens is 430 g/mol. The van der Waals surface area contributed by atoms with E-state index in [0.717, 1.165) is 11.1 Å². The van der Waals surface area contributed by atoms with Crippen LogP contribution in [-0.4, -0.2) is 82.5 Å². The Hall–Kier alpha value is -3.47. The molecule has 0 aliphatic carbocycles. The predicted molar refractivity (Wildman–Crippen MR) is 117 cm³/mol. The van der Waals surface area contributed by atoms with Crippen LogP contribution < -0.4 is 4.74 Å². The molecule has 1 aliphatic heterocycles. The van der Waals surface area contributed by atoms with E-state index in [-0.39, 0.29) is 46.2 Å². The third-order valence-electron chi connectivity index (χ3n) is 4.84. The van der Waals surface area contributed by atoms with Gasteiger partial charge in [-0.3, -0.25) is 29.1 Å². The fourth-order valence-corrected chi connectivity index (χ4v) is 3.48. The Kier molecular flexibility index (Phi) is 8.76. The molecule has 0 bridgehead atoms. The number of benzene rings is 2. The standard InChI is InChI=1S/C23H27N3O7/c27-21(28)10-24-15-25(11-22(29)30)17-26(16-24)12-23(31)33-14-19-6-8-20(9-7-19)32-13-18-4-2-1-3-5-18/h1-9H,10-17H2,(H,27,28)(H,29,30). The second kappa shape index (κ2) is 12.0. The highest BCUT2D eigenvalue weighted by Gasteiger charge is 2.27. The first-order valence-corrected chi connectivity index (χ1v) is 10.4. The van der Waals surface area contributed by atoms with Crippen molar-refractivity contribution in [1.29, 1.82) is 0 Å². The van der Waals surface area contributed by atoms with Crippen LogP contribution in [0.25, 0.3) is 0 Å². The number of carboxylic acid groups (broad SMARTS) is 2. The van der Waals surface area contributed by atoms with Crippen molar-refractivity contribution in [3.63, 3.8) is 0 Å². The number of esters is 1. The lowest BCUT2D eigenvalue weighted by Crippen LogP contribution is -2.57. The van der Waals surface area contributed by atoms with Crippen LogP contribution >= 0.6 is 0 Å². The molecule has 176 valence electrons. The fourth-order valence-electron chi connectivity index (χ4n) is 3.48. The maximum absolute atomic E-state index is 12.3. The van der Waals surface area contributed by atoms with Gasteiger partial charge in [-0.05, 0) is 23.3 Å². The summed E-state index contributed by atoms with van der Waals surface area (Å²) in [6.45, 7) is 0.621. The zero-order valence-electron chi connectivity index (χ0n) is 18.1. The lowest BCUT2D eigenvalue weighted by molar-refractivity contribution is -0.151. The van der Waals surface area contributed by atoms with Gasteiger partial charge in [0, 0.05) is 0 Å². The smallest absolute Gasteiger partial charge is 0.320 e. The monoisotopic (exact) mass is 457 g/mol. The molecule has 2 aromatic rings. The van der Waals surface area contributed by atoms with E-state index in [2.05, 4.69) is 0 Å². The number of rotatable bonds is 11. The number of aliphatic carboxylic acids is 2. The van der Waals surface area contributed by atoms with Crippen molar-refractivity contribution in [3.8, 4) is 5.75 Å². The van der Waals surface area contributed by atoms with Crippen LogP contribution in [0, 0.1) is 0 Å². The second-order valence-electron chi connectivity index (χ2n) is 7.78. The highest BCUT2D eigenvalue weighted by atomic mass is 16.5. The van der Waals surface area contributed by atoms with Gasteiger partial charge in [-0.15, -0.1) is 0 Å². The van der Waals surface area contributed by atoms with E-state index < -0.39 is 17.9 Å². The summed E-state index contributed by atoms with van der Waals surface area (Å²) in [5, 5.41) is 18.1. The lowest BCUT2D eigenvalue weighted by Gasteiger charge is -2.40. The third-order valence-corrected chi connectivity index (χ3v) is 4.84. The van der Waals surface area contributed by atoms with Gasteiger partial charge in [0.05, 0.1) is 39.6 Å². The van der Waals surface area contributed by atoms with Crippen molar-refractivity contribution in [2.45, 2.75) is 13.2 Å². The van der Waals surface area contributed by atoms with E-state index in [1.165, 1.54) is 0 Å². The van der Waals surface area contributed by atoms with Crippen LogP contribution in [0.15, 0.2) is 54.6 Å². The van der Waals surface area contributed by atoms with Crippen molar-refractivity contribution in [1.82, 2.24) is 14.7 Å². The van der Waals surface area contributed by atoms with Gasteiger partial charge in [0.1, 0.15) is 19.0 Å². The number of hydrogen-bond donors (Lipinski definition) is 2. The summed E-state index contributed by atoms with van der Waals surface area (Å²) in [6.07, 6.45) is 0. The van der Waals surface area contributed by atoms with Crippen LogP contribution in [0.1, 0.15) is 11.1 Å². The molecule has 10 nitrogen and oxygen atoms in total. The normalized spacial score (nSPS) is 15.2. The van der Waals surface area contributed by atoms with Crippen LogP contribution in [0.3, 0.4) is 0 Å². The molecule has 0 radical (unpaired) electrons. The predicted octanol–water partition coefficient (Wildman–Crippen LogP) is 1.27. The SMILES string of the molecule is O=C(O)CN1CN(CC(=O)O)CN(CC(=O)OCc2ccc(OCc3ccccc3)cc2)C1. The minimum absolute atomic E-state index is 0.0789. The van der Waals surface area contributed by atoms with Gasteiger partial charge in [-0.2, -0.15) is 0 Å². The molecule has 1 fully saturated rings. The molecule has 1 aliphatic rings. The molecule has 0 amide bonds. The third kappa shape index (κ3) is 8.53. The summed E-state index contributed by atoms with van der Waals surface area (Å²) in [6, 6.07) is 17.1. The van der Waals surface area contributed by atoms with Gasteiger partial charge in [-0.1, -0.05) is 42.5 Å². The van der Waals surface area contributed by atoms with Crippen molar-refractivity contribution in [3.05, 3.63) is 65.7 Å². The zero-order chi connectivity index (χ0) is 23.6. The van der Waals surface area contributed by atoms with E-state index >= 15 is 0 Å². The molecule has 0 aromatic heterocycles. The molecule has 1 heterocycles. The molecule has 3 rings (SSSR count). The van der Waals surface area contributed by atoms with E-state index in [9.17, 15) is 14.4 Å². The second-order valence-corrected chi connectivity index (χ2v) is 7.78. The quantitative estimate of drug-likeness (QED) is 0.477. The molecule has 0 unspecified atom stereocenters. The summed E-state index contributed by atoms with van der Waals surface area (Å²) in [4.78, 5) is 39.1. The van der Waals surface area contributed by atoms with Crippen molar-refractivity contribution in [2.24, 2.45) is 0 Å². The Balaban J connectivity index is 1.45. The summed E-state index contributed by atoms with van der Waals surface area (Å²) >= 11 is 0. The highest BCUT2D eigenvalue weighted by Crippen LogP contribution is 2.15. The summed E-state index contributed by atoms with van der Waals surface area (Å²) < 4.78 is 11.1. The van der Waals surface area contributed by atoms with Crippen LogP contribution in [-0.2, 0) is 32.3 Å². The summed E-state index contributed by atoms with van der Waals surface area (Å²) in [5.41, 5.74) is 1.87. The molecular formula is C23H27N3O7. The van der Waals surface area contributed by atoms with Crippen molar-refractivity contribution in [2.75, 3.05) is 39.6 Å². The number of carbonyl (C=O) groups excluding carboxylic acids is 1. The van der Waals surface area contributed by atoms with Crippen LogP contribution in [0.4, 0.5) is 0 Å². The number of ether oxygens (including phenoxy) is 2. The van der Waals surface area contributed by atoms with E-state index in [1.807, 2.05) is 54.6 Å². The highest BCUT2D eigenvalue weighted by molar-refractivity contribution is 5.72. The largest absolute Gasteiger partial charge is 0.489 e. The maximum Gasteiger partial charge on any atom is 0.320 e. The number of carboxylic acids is 2. The van der Waals surface area contributed by atoms with E-state index in [4.69, 9.17) is 19.7 Å². The Morgan fingerprint density at radius 2 is 1.21 bits per heavy atom. The van der Waals surface area contributed by atoms with E-state index in [1.54, 1.807) is 14.7 Å². The fraction of sp³-hybridized carbons (Fsp3) is 0.348. The van der Waals surface area contributed by atoms with Gasteiger partial charge in [0.15, 0.2) is 0 Å². The zero-order valence-corrected chi connectivity index (χ0v) is 18.1. The Morgan fingerprint density at radius 3 is 1.76 bits per heavy atom. The molecule has 2 N–H and O–H groups in total. The first-order chi connectivity index (χ1) is 15.9. The average Bonchev–Trinajstić information content (AvgIpc) is 2.76. The van der Waals surface area contributed by atoms with Crippen molar-refractivity contribution >= 4 is 17.9 Å². The molecule has 1 saturated heterocycles. The Morgan fingerprint density at radius 1 is 0.697 bits per heavy atom. The Bertz CT molecular complexity index is 913. The van der Waals surface area contributed by atoms with Gasteiger partial charge in [-0.25, -0.2) is 0 Å². The van der Waals surface area contributed by atoms with Crippen molar-refractivity contribution < 1.29 is 34.1 Å². The Labute approximate surface area is 191 Å². The number of hydrogen-bond acceptors (Lipinski definition) is 8. The molecule has 10 heteroatoms. The number of nitrogens with zero attached hydrogens (tertiary/aromatic N) is 3. The summed E-state index contributed by atoms with van der Waals surface area (Å²) in [5.74, 6) is -1.82.